The highest BCUT2D eigenvalue weighted by Crippen LogP contribution is 2.27. The van der Waals surface area contributed by atoms with Crippen LogP contribution >= 0.6 is 11.6 Å². The number of rotatable bonds is 4. The normalized spacial score (nSPS) is 10.5. The molecular formula is C15H16ClFN2. The molecule has 2 aromatic rings. The first-order valence-electron chi connectivity index (χ1n) is 6.21. The van der Waals surface area contributed by atoms with Gasteiger partial charge in [-0.3, -0.25) is 0 Å². The molecule has 100 valence electrons. The highest BCUT2D eigenvalue weighted by atomic mass is 35.5. The lowest BCUT2D eigenvalue weighted by Crippen LogP contribution is -2.19. The number of para-hydroxylation sites is 1. The molecular weight excluding hydrogens is 263 g/mol. The largest absolute Gasteiger partial charge is 0.324 e. The molecule has 1 heterocycles. The van der Waals surface area contributed by atoms with Gasteiger partial charge in [0.25, 0.3) is 0 Å². The molecule has 0 spiro atoms. The molecule has 0 aliphatic carbocycles. The van der Waals surface area contributed by atoms with Gasteiger partial charge in [-0.1, -0.05) is 12.1 Å². The molecule has 0 aliphatic heterocycles. The van der Waals surface area contributed by atoms with Crippen LogP contribution in [0.5, 0.6) is 0 Å². The van der Waals surface area contributed by atoms with Gasteiger partial charge in [-0.25, -0.2) is 9.37 Å². The molecule has 0 saturated heterocycles. The molecule has 0 aliphatic rings. The van der Waals surface area contributed by atoms with Gasteiger partial charge in [-0.15, -0.1) is 11.6 Å². The van der Waals surface area contributed by atoms with Crippen molar-refractivity contribution in [3.63, 3.8) is 0 Å². The number of hydrogen-bond acceptors (Lipinski definition) is 2. The Bertz CT molecular complexity index is 572. The maximum absolute atomic E-state index is 13.9. The highest BCUT2D eigenvalue weighted by molar-refractivity contribution is 6.17. The molecule has 4 heteroatoms. The first-order chi connectivity index (χ1) is 9.15. The van der Waals surface area contributed by atoms with Crippen molar-refractivity contribution in [2.45, 2.75) is 19.7 Å². The zero-order chi connectivity index (χ0) is 13.8. The van der Waals surface area contributed by atoms with Crippen molar-refractivity contribution in [1.29, 1.82) is 0 Å². The summed E-state index contributed by atoms with van der Waals surface area (Å²) < 4.78 is 13.9. The van der Waals surface area contributed by atoms with Crippen LogP contribution in [0.4, 0.5) is 15.9 Å². The Morgan fingerprint density at radius 2 is 2.00 bits per heavy atom. The second-order valence-electron chi connectivity index (χ2n) is 4.30. The van der Waals surface area contributed by atoms with Gasteiger partial charge < -0.3 is 4.90 Å². The van der Waals surface area contributed by atoms with E-state index in [9.17, 15) is 4.39 Å². The van der Waals surface area contributed by atoms with E-state index in [-0.39, 0.29) is 5.82 Å². The summed E-state index contributed by atoms with van der Waals surface area (Å²) in [4.78, 5) is 6.32. The third kappa shape index (κ3) is 3.04. The smallest absolute Gasteiger partial charge is 0.146 e. The van der Waals surface area contributed by atoms with Crippen LogP contribution < -0.4 is 4.90 Å². The Morgan fingerprint density at radius 1 is 1.26 bits per heavy atom. The van der Waals surface area contributed by atoms with Crippen molar-refractivity contribution in [3.8, 4) is 0 Å². The molecule has 0 radical (unpaired) electrons. The van der Waals surface area contributed by atoms with Gasteiger partial charge in [-0.05, 0) is 43.7 Å². The Morgan fingerprint density at radius 3 is 2.63 bits per heavy atom. The summed E-state index contributed by atoms with van der Waals surface area (Å²) >= 11 is 5.88. The van der Waals surface area contributed by atoms with Gasteiger partial charge in [0, 0.05) is 18.1 Å². The van der Waals surface area contributed by atoms with E-state index >= 15 is 0 Å². The lowest BCUT2D eigenvalue weighted by molar-refractivity contribution is 0.625. The van der Waals surface area contributed by atoms with Crippen LogP contribution in [0.1, 0.15) is 18.2 Å². The summed E-state index contributed by atoms with van der Waals surface area (Å²) in [6, 6.07) is 10.5. The number of aryl methyl sites for hydroxylation is 1. The number of nitrogens with zero attached hydrogens (tertiary/aromatic N) is 2. The number of benzene rings is 1. The summed E-state index contributed by atoms with van der Waals surface area (Å²) in [6.45, 7) is 4.52. The number of alkyl halides is 1. The van der Waals surface area contributed by atoms with Crippen molar-refractivity contribution in [2.75, 3.05) is 11.4 Å². The van der Waals surface area contributed by atoms with Crippen molar-refractivity contribution in [2.24, 2.45) is 0 Å². The van der Waals surface area contributed by atoms with Gasteiger partial charge >= 0.3 is 0 Å². The second kappa shape index (κ2) is 6.02. The lowest BCUT2D eigenvalue weighted by atomic mass is 10.2. The minimum absolute atomic E-state index is 0.250. The topological polar surface area (TPSA) is 16.1 Å². The summed E-state index contributed by atoms with van der Waals surface area (Å²) in [5.74, 6) is 0.897. The lowest BCUT2D eigenvalue weighted by Gasteiger charge is -2.23. The van der Waals surface area contributed by atoms with Gasteiger partial charge in [0.2, 0.25) is 0 Å². The summed E-state index contributed by atoms with van der Waals surface area (Å²) in [5.41, 5.74) is 2.39. The summed E-state index contributed by atoms with van der Waals surface area (Å²) in [7, 11) is 0. The molecule has 0 atom stereocenters. The van der Waals surface area contributed by atoms with Gasteiger partial charge in [-0.2, -0.15) is 0 Å². The van der Waals surface area contributed by atoms with Crippen LogP contribution in [0.25, 0.3) is 0 Å². The number of hydrogen-bond donors (Lipinski definition) is 0. The van der Waals surface area contributed by atoms with Crippen molar-refractivity contribution >= 4 is 23.1 Å². The monoisotopic (exact) mass is 278 g/mol. The van der Waals surface area contributed by atoms with Crippen LogP contribution in [0.15, 0.2) is 36.4 Å². The molecule has 1 aromatic carbocycles. The predicted molar refractivity (Wildman–Crippen MR) is 77.6 cm³/mol. The average molecular weight is 279 g/mol. The third-order valence-electron chi connectivity index (χ3n) is 2.89. The van der Waals surface area contributed by atoms with Crippen LogP contribution in [0, 0.1) is 12.7 Å². The van der Waals surface area contributed by atoms with Gasteiger partial charge in [0.05, 0.1) is 5.69 Å². The second-order valence-corrected chi connectivity index (χ2v) is 4.57. The quantitative estimate of drug-likeness (QED) is 0.769. The molecule has 19 heavy (non-hydrogen) atoms. The van der Waals surface area contributed by atoms with Gasteiger partial charge in [0.15, 0.2) is 0 Å². The fourth-order valence-corrected chi connectivity index (χ4v) is 2.22. The summed E-state index contributed by atoms with van der Waals surface area (Å²) in [6.07, 6.45) is 0. The molecule has 2 rings (SSSR count). The molecule has 0 N–H and O–H groups in total. The Kier molecular flexibility index (Phi) is 4.38. The van der Waals surface area contributed by atoms with Crippen LogP contribution in [-0.2, 0) is 5.88 Å². The van der Waals surface area contributed by atoms with E-state index < -0.39 is 0 Å². The maximum atomic E-state index is 13.9. The van der Waals surface area contributed by atoms with E-state index in [0.717, 1.165) is 17.1 Å². The van der Waals surface area contributed by atoms with E-state index in [1.165, 1.54) is 6.07 Å². The SMILES string of the molecule is CCN(c1cc(CCl)cc(C)n1)c1ccccc1F. The van der Waals surface area contributed by atoms with Crippen LogP contribution in [0.2, 0.25) is 0 Å². The molecule has 2 nitrogen and oxygen atoms in total. The molecule has 0 amide bonds. The van der Waals surface area contributed by atoms with Gasteiger partial charge in [0.1, 0.15) is 11.6 Å². The fraction of sp³-hybridized carbons (Fsp3) is 0.267. The number of halogens is 2. The zero-order valence-electron chi connectivity index (χ0n) is 11.0. The minimum Gasteiger partial charge on any atom is -0.324 e. The Balaban J connectivity index is 2.48. The van der Waals surface area contributed by atoms with Crippen molar-refractivity contribution in [3.05, 3.63) is 53.5 Å². The highest BCUT2D eigenvalue weighted by Gasteiger charge is 2.13. The van der Waals surface area contributed by atoms with E-state index in [1.807, 2.05) is 36.9 Å². The molecule has 1 aromatic heterocycles. The van der Waals surface area contributed by atoms with Crippen LogP contribution in [-0.4, -0.2) is 11.5 Å². The Labute approximate surface area is 117 Å². The zero-order valence-corrected chi connectivity index (χ0v) is 11.8. The minimum atomic E-state index is -0.250. The first-order valence-corrected chi connectivity index (χ1v) is 6.74. The van der Waals surface area contributed by atoms with E-state index in [1.54, 1.807) is 12.1 Å². The van der Waals surface area contributed by atoms with E-state index in [2.05, 4.69) is 4.98 Å². The molecule has 0 saturated carbocycles. The molecule has 0 unspecified atom stereocenters. The summed E-state index contributed by atoms with van der Waals surface area (Å²) in [5, 5.41) is 0. The van der Waals surface area contributed by atoms with E-state index in [0.29, 0.717) is 18.1 Å². The first kappa shape index (κ1) is 13.8. The Hall–Kier alpha value is -1.61. The van der Waals surface area contributed by atoms with Crippen LogP contribution in [0.3, 0.4) is 0 Å². The predicted octanol–water partition coefficient (Wildman–Crippen LogP) is 4.43. The molecule has 0 fully saturated rings. The maximum Gasteiger partial charge on any atom is 0.146 e. The number of pyridine rings is 1. The molecule has 0 bridgehead atoms. The standard InChI is InChI=1S/C15H16ClFN2/c1-3-19(14-7-5-4-6-13(14)17)15-9-12(10-16)8-11(2)18-15/h4-9H,3,10H2,1-2H3. The number of anilines is 2. The van der Waals surface area contributed by atoms with Crippen molar-refractivity contribution < 1.29 is 4.39 Å². The fourth-order valence-electron chi connectivity index (χ4n) is 2.06. The van der Waals surface area contributed by atoms with E-state index in [4.69, 9.17) is 11.6 Å². The van der Waals surface area contributed by atoms with Crippen molar-refractivity contribution in [1.82, 2.24) is 4.98 Å². The average Bonchev–Trinajstić information content (AvgIpc) is 2.41. The number of aromatic nitrogens is 1. The third-order valence-corrected chi connectivity index (χ3v) is 3.20.